The second-order valence-corrected chi connectivity index (χ2v) is 12.2. The molecule has 9 nitrogen and oxygen atoms in total. The molecule has 2 saturated heterocycles. The number of carboxylic acid groups (broad SMARTS) is 1. The molecule has 1 aromatic heterocycles. The number of thioether (sulfide) groups is 1. The average molecular weight is 588 g/mol. The van der Waals surface area contributed by atoms with Gasteiger partial charge in [-0.2, -0.15) is 5.26 Å². The van der Waals surface area contributed by atoms with Crippen LogP contribution in [0.25, 0.3) is 6.08 Å². The van der Waals surface area contributed by atoms with Crippen LogP contribution in [0.1, 0.15) is 81.4 Å². The number of amides is 1. The van der Waals surface area contributed by atoms with Crippen LogP contribution in [0.3, 0.4) is 0 Å². The van der Waals surface area contributed by atoms with Gasteiger partial charge >= 0.3 is 5.97 Å². The zero-order valence-corrected chi connectivity index (χ0v) is 25.5. The number of piperazine rings is 1. The number of thiocarbonyl (C=S) groups is 1. The van der Waals surface area contributed by atoms with E-state index < -0.39 is 5.97 Å². The number of carbonyl (C=O) groups is 2. The number of unbranched alkanes of at least 4 members (excludes halogenated alkanes) is 7. The van der Waals surface area contributed by atoms with E-state index in [0.29, 0.717) is 27.9 Å². The number of pyridine rings is 1. The van der Waals surface area contributed by atoms with Crippen molar-refractivity contribution in [2.24, 2.45) is 0 Å². The summed E-state index contributed by atoms with van der Waals surface area (Å²) >= 11 is 6.86. The minimum Gasteiger partial charge on any atom is -0.481 e. The van der Waals surface area contributed by atoms with Gasteiger partial charge in [-0.05, 0) is 45.4 Å². The molecule has 3 rings (SSSR count). The first-order chi connectivity index (χ1) is 19.2. The topological polar surface area (TPSA) is 110 Å². The lowest BCUT2D eigenvalue weighted by molar-refractivity contribution is -0.137. The van der Waals surface area contributed by atoms with Gasteiger partial charge in [-0.3, -0.25) is 23.9 Å². The molecule has 0 bridgehead atoms. The Hall–Kier alpha value is -2.68. The summed E-state index contributed by atoms with van der Waals surface area (Å²) in [6.45, 7) is 7.93. The van der Waals surface area contributed by atoms with E-state index in [2.05, 4.69) is 22.9 Å². The third kappa shape index (κ3) is 7.95. The van der Waals surface area contributed by atoms with Gasteiger partial charge in [0.1, 0.15) is 21.8 Å². The van der Waals surface area contributed by atoms with Crippen LogP contribution in [-0.2, 0) is 16.1 Å². The molecule has 11 heteroatoms. The second kappa shape index (κ2) is 15.4. The number of carbonyl (C=O) groups excluding carboxylic acids is 1. The number of nitriles is 1. The minimum atomic E-state index is -0.729. The highest BCUT2D eigenvalue weighted by Crippen LogP contribution is 2.36. The Morgan fingerprint density at radius 1 is 1.05 bits per heavy atom. The second-order valence-electron chi connectivity index (χ2n) is 10.5. The van der Waals surface area contributed by atoms with Crippen LogP contribution in [0.2, 0.25) is 0 Å². The molecule has 0 saturated carbocycles. The molecule has 0 aliphatic carbocycles. The lowest BCUT2D eigenvalue weighted by Gasteiger charge is -2.36. The molecule has 3 heterocycles. The Kier molecular flexibility index (Phi) is 12.2. The first-order valence-corrected chi connectivity index (χ1v) is 15.5. The molecule has 0 unspecified atom stereocenters. The number of carboxylic acids is 1. The number of nitrogens with zero attached hydrogens (tertiary/aromatic N) is 5. The van der Waals surface area contributed by atoms with E-state index in [9.17, 15) is 19.6 Å². The summed E-state index contributed by atoms with van der Waals surface area (Å²) in [5.74, 6) is -0.0803. The van der Waals surface area contributed by atoms with Crippen molar-refractivity contribution in [3.63, 3.8) is 0 Å². The van der Waals surface area contributed by atoms with Crippen LogP contribution in [0.15, 0.2) is 9.70 Å². The fraction of sp³-hybridized carbons (Fsp3) is 0.621. The highest BCUT2D eigenvalue weighted by atomic mass is 32.2. The quantitative estimate of drug-likeness (QED) is 0.190. The van der Waals surface area contributed by atoms with Gasteiger partial charge in [0.15, 0.2) is 0 Å². The number of hydrogen-bond donors (Lipinski definition) is 1. The fourth-order valence-corrected chi connectivity index (χ4v) is 6.52. The first kappa shape index (κ1) is 31.8. The Bertz CT molecular complexity index is 1230. The number of likely N-dealkylation sites (N-methyl/N-ethyl adjacent to an activating group) is 1. The van der Waals surface area contributed by atoms with Gasteiger partial charge in [-0.15, -0.1) is 0 Å². The maximum atomic E-state index is 13.4. The van der Waals surface area contributed by atoms with E-state index in [0.717, 1.165) is 88.9 Å². The Labute approximate surface area is 246 Å². The molecule has 1 N–H and O–H groups in total. The SMILES string of the molecule is CCn1c(N2CCN(C)CC2)c(C=C2SC(=S)N(CCCCCCCCCCC(=O)O)C2=O)c(C)c(C#N)c1=O. The first-order valence-electron chi connectivity index (χ1n) is 14.3. The lowest BCUT2D eigenvalue weighted by Crippen LogP contribution is -2.47. The molecule has 0 radical (unpaired) electrons. The number of anilines is 1. The van der Waals surface area contributed by atoms with Crippen LogP contribution in [-0.4, -0.2) is 75.4 Å². The van der Waals surface area contributed by atoms with Crippen molar-refractivity contribution in [2.45, 2.75) is 78.2 Å². The van der Waals surface area contributed by atoms with Gasteiger partial charge in [-0.1, -0.05) is 62.5 Å². The van der Waals surface area contributed by atoms with Crippen LogP contribution in [0.4, 0.5) is 5.82 Å². The number of aromatic nitrogens is 1. The van der Waals surface area contributed by atoms with Crippen molar-refractivity contribution in [1.29, 1.82) is 5.26 Å². The molecular weight excluding hydrogens is 546 g/mol. The van der Waals surface area contributed by atoms with Crippen LogP contribution in [0, 0.1) is 18.3 Å². The lowest BCUT2D eigenvalue weighted by atomic mass is 10.0. The molecule has 0 atom stereocenters. The van der Waals surface area contributed by atoms with E-state index in [1.807, 2.05) is 13.0 Å². The van der Waals surface area contributed by atoms with Gasteiger partial charge in [-0.25, -0.2) is 0 Å². The Morgan fingerprint density at radius 2 is 1.65 bits per heavy atom. The molecule has 1 amide bonds. The Balaban J connectivity index is 1.69. The molecule has 218 valence electrons. The zero-order chi connectivity index (χ0) is 29.2. The highest BCUT2D eigenvalue weighted by Gasteiger charge is 2.33. The predicted octanol–water partition coefficient (Wildman–Crippen LogP) is 4.60. The van der Waals surface area contributed by atoms with Crippen molar-refractivity contribution >= 4 is 52.1 Å². The zero-order valence-electron chi connectivity index (χ0n) is 23.9. The summed E-state index contributed by atoms with van der Waals surface area (Å²) < 4.78 is 2.20. The van der Waals surface area contributed by atoms with E-state index >= 15 is 0 Å². The van der Waals surface area contributed by atoms with Crippen molar-refractivity contribution in [3.8, 4) is 6.07 Å². The van der Waals surface area contributed by atoms with Gasteiger partial charge in [0, 0.05) is 51.3 Å². The van der Waals surface area contributed by atoms with Crippen molar-refractivity contribution in [3.05, 3.63) is 31.9 Å². The summed E-state index contributed by atoms with van der Waals surface area (Å²) in [7, 11) is 2.08. The molecule has 1 aromatic rings. The molecule has 40 heavy (non-hydrogen) atoms. The summed E-state index contributed by atoms with van der Waals surface area (Å²) in [5, 5.41) is 18.5. The number of hydrogen-bond acceptors (Lipinski definition) is 8. The number of rotatable bonds is 14. The molecule has 0 spiro atoms. The highest BCUT2D eigenvalue weighted by molar-refractivity contribution is 8.26. The summed E-state index contributed by atoms with van der Waals surface area (Å²) in [4.78, 5) is 43.8. The van der Waals surface area contributed by atoms with Gasteiger partial charge in [0.05, 0.1) is 4.91 Å². The molecular formula is C29H41N5O4S2. The van der Waals surface area contributed by atoms with Crippen LogP contribution >= 0.6 is 24.0 Å². The molecule has 0 aromatic carbocycles. The standard InChI is InChI=1S/C29H41N5O4S2/c1-4-33-26(32-17-15-31(3)16-18-32)22(21(2)23(20-30)27(33)37)19-24-28(38)34(29(39)40-24)14-12-10-8-6-5-7-9-11-13-25(35)36/h19H,4-18H2,1-3H3,(H,35,36). The molecule has 2 aliphatic heterocycles. The summed E-state index contributed by atoms with van der Waals surface area (Å²) in [6, 6.07) is 2.09. The van der Waals surface area contributed by atoms with E-state index in [4.69, 9.17) is 17.3 Å². The van der Waals surface area contributed by atoms with Gasteiger partial charge < -0.3 is 14.9 Å². The molecule has 2 fully saturated rings. The van der Waals surface area contributed by atoms with Crippen LogP contribution in [0.5, 0.6) is 0 Å². The third-order valence-electron chi connectivity index (χ3n) is 7.64. The predicted molar refractivity (Wildman–Crippen MR) is 165 cm³/mol. The van der Waals surface area contributed by atoms with Gasteiger partial charge in [0.2, 0.25) is 0 Å². The maximum absolute atomic E-state index is 13.4. The minimum absolute atomic E-state index is 0.114. The van der Waals surface area contributed by atoms with Gasteiger partial charge in [0.25, 0.3) is 11.5 Å². The van der Waals surface area contributed by atoms with E-state index in [1.54, 1.807) is 16.4 Å². The summed E-state index contributed by atoms with van der Waals surface area (Å²) in [6.07, 6.45) is 9.98. The average Bonchev–Trinajstić information content (AvgIpc) is 3.19. The summed E-state index contributed by atoms with van der Waals surface area (Å²) in [5.41, 5.74) is 1.16. The Morgan fingerprint density at radius 3 is 2.23 bits per heavy atom. The normalized spacial score (nSPS) is 17.2. The largest absolute Gasteiger partial charge is 0.481 e. The van der Waals surface area contributed by atoms with E-state index in [1.165, 1.54) is 11.8 Å². The maximum Gasteiger partial charge on any atom is 0.303 e. The van der Waals surface area contributed by atoms with Crippen molar-refractivity contribution < 1.29 is 14.7 Å². The number of aliphatic carboxylic acids is 1. The third-order valence-corrected chi connectivity index (χ3v) is 9.01. The van der Waals surface area contributed by atoms with Crippen LogP contribution < -0.4 is 10.5 Å². The fourth-order valence-electron chi connectivity index (χ4n) is 5.23. The monoisotopic (exact) mass is 587 g/mol. The van der Waals surface area contributed by atoms with Crippen molar-refractivity contribution in [2.75, 3.05) is 44.7 Å². The van der Waals surface area contributed by atoms with Crippen molar-refractivity contribution in [1.82, 2.24) is 14.4 Å². The van der Waals surface area contributed by atoms with E-state index in [-0.39, 0.29) is 23.5 Å². The smallest absolute Gasteiger partial charge is 0.303 e. The molecule has 2 aliphatic rings.